The summed E-state index contributed by atoms with van der Waals surface area (Å²) in [5, 5.41) is 3.30. The first kappa shape index (κ1) is 13.5. The fourth-order valence-corrected chi connectivity index (χ4v) is 2.30. The quantitative estimate of drug-likeness (QED) is 0.780. The topological polar surface area (TPSA) is 54.9 Å². The van der Waals surface area contributed by atoms with E-state index in [0.717, 1.165) is 16.6 Å². The van der Waals surface area contributed by atoms with Gasteiger partial charge in [0.2, 0.25) is 5.91 Å². The van der Waals surface area contributed by atoms with Crippen LogP contribution in [0.25, 0.3) is 22.3 Å². The molecule has 0 aliphatic rings. The van der Waals surface area contributed by atoms with Crippen LogP contribution in [-0.2, 0) is 4.79 Å². The number of hydrogen-bond acceptors (Lipinski definition) is 3. The number of hydrogen-bond donors (Lipinski definition) is 1. The number of anilines is 1. The summed E-state index contributed by atoms with van der Waals surface area (Å²) in [5.41, 5.74) is 3.72. The molecule has 0 spiro atoms. The molecule has 1 heterocycles. The molecule has 0 bridgehead atoms. The number of para-hydroxylation sites is 2. The Labute approximate surface area is 126 Å². The Morgan fingerprint density at radius 2 is 1.90 bits per heavy atom. The van der Waals surface area contributed by atoms with Gasteiger partial charge in [0.15, 0.2) is 0 Å². The highest BCUT2D eigenvalue weighted by Gasteiger charge is 2.08. The standard InChI is InChI=1S/C16H12ClN3O/c1-10(21)19-11-6-7-13(17)12(8-11)16-9-18-14-4-2-3-5-15(14)20-16/h2-9H,1H3,(H,19,21). The molecule has 21 heavy (non-hydrogen) atoms. The Balaban J connectivity index is 2.10. The molecule has 3 aromatic rings. The van der Waals surface area contributed by atoms with Crippen LogP contribution in [0.3, 0.4) is 0 Å². The molecule has 0 saturated heterocycles. The van der Waals surface area contributed by atoms with Gasteiger partial charge in [-0.05, 0) is 30.3 Å². The predicted octanol–water partition coefficient (Wildman–Crippen LogP) is 3.91. The van der Waals surface area contributed by atoms with E-state index in [1.807, 2.05) is 24.3 Å². The van der Waals surface area contributed by atoms with Crippen LogP contribution in [0.1, 0.15) is 6.92 Å². The van der Waals surface area contributed by atoms with Crippen molar-refractivity contribution in [2.75, 3.05) is 5.32 Å². The second-order valence-electron chi connectivity index (χ2n) is 4.62. The summed E-state index contributed by atoms with van der Waals surface area (Å²) in [5.74, 6) is -0.132. The van der Waals surface area contributed by atoms with Crippen molar-refractivity contribution in [1.29, 1.82) is 0 Å². The average molecular weight is 298 g/mol. The van der Waals surface area contributed by atoms with Crippen molar-refractivity contribution < 1.29 is 4.79 Å². The second kappa shape index (κ2) is 5.50. The summed E-state index contributed by atoms with van der Waals surface area (Å²) >= 11 is 6.24. The lowest BCUT2D eigenvalue weighted by Gasteiger charge is -2.08. The summed E-state index contributed by atoms with van der Waals surface area (Å²) in [7, 11) is 0. The molecular weight excluding hydrogens is 286 g/mol. The molecule has 0 fully saturated rings. The Bertz CT molecular complexity index is 833. The summed E-state index contributed by atoms with van der Waals surface area (Å²) in [6.07, 6.45) is 1.68. The van der Waals surface area contributed by atoms with Gasteiger partial charge in [0.25, 0.3) is 0 Å². The van der Waals surface area contributed by atoms with Crippen LogP contribution in [-0.4, -0.2) is 15.9 Å². The van der Waals surface area contributed by atoms with E-state index >= 15 is 0 Å². The maximum absolute atomic E-state index is 11.1. The van der Waals surface area contributed by atoms with Gasteiger partial charge in [0.1, 0.15) is 0 Å². The monoisotopic (exact) mass is 297 g/mol. The molecule has 4 nitrogen and oxygen atoms in total. The Morgan fingerprint density at radius 1 is 1.14 bits per heavy atom. The number of nitrogens with one attached hydrogen (secondary N) is 1. The van der Waals surface area contributed by atoms with Crippen LogP contribution in [0.15, 0.2) is 48.7 Å². The molecule has 3 rings (SSSR count). The zero-order valence-electron chi connectivity index (χ0n) is 11.3. The molecular formula is C16H12ClN3O. The molecule has 104 valence electrons. The van der Waals surface area contributed by atoms with E-state index in [1.54, 1.807) is 24.4 Å². The molecule has 0 saturated carbocycles. The molecule has 0 radical (unpaired) electrons. The number of benzene rings is 2. The van der Waals surface area contributed by atoms with Crippen molar-refractivity contribution in [2.45, 2.75) is 6.92 Å². The maximum atomic E-state index is 11.1. The lowest BCUT2D eigenvalue weighted by atomic mass is 10.1. The number of carbonyl (C=O) groups excluding carboxylic acids is 1. The summed E-state index contributed by atoms with van der Waals surface area (Å²) in [6.45, 7) is 1.46. The number of carbonyl (C=O) groups is 1. The maximum Gasteiger partial charge on any atom is 0.221 e. The molecule has 0 unspecified atom stereocenters. The highest BCUT2D eigenvalue weighted by Crippen LogP contribution is 2.29. The third kappa shape index (κ3) is 2.85. The van der Waals surface area contributed by atoms with Crippen LogP contribution in [0.2, 0.25) is 5.02 Å². The van der Waals surface area contributed by atoms with Gasteiger partial charge >= 0.3 is 0 Å². The van der Waals surface area contributed by atoms with Gasteiger partial charge in [0.05, 0.1) is 27.9 Å². The zero-order valence-corrected chi connectivity index (χ0v) is 12.1. The van der Waals surface area contributed by atoms with Crippen LogP contribution >= 0.6 is 11.6 Å². The minimum absolute atomic E-state index is 0.132. The molecule has 2 aromatic carbocycles. The predicted molar refractivity (Wildman–Crippen MR) is 84.3 cm³/mol. The highest BCUT2D eigenvalue weighted by atomic mass is 35.5. The number of amides is 1. The molecule has 1 aromatic heterocycles. The van der Waals surface area contributed by atoms with E-state index in [2.05, 4.69) is 15.3 Å². The summed E-state index contributed by atoms with van der Waals surface area (Å²) < 4.78 is 0. The van der Waals surface area contributed by atoms with E-state index < -0.39 is 0 Å². The van der Waals surface area contributed by atoms with Crippen molar-refractivity contribution in [3.8, 4) is 11.3 Å². The van der Waals surface area contributed by atoms with Gasteiger partial charge in [-0.3, -0.25) is 9.78 Å². The fourth-order valence-electron chi connectivity index (χ4n) is 2.09. The molecule has 1 N–H and O–H groups in total. The van der Waals surface area contributed by atoms with E-state index in [1.165, 1.54) is 6.92 Å². The smallest absolute Gasteiger partial charge is 0.221 e. The second-order valence-corrected chi connectivity index (χ2v) is 5.03. The van der Waals surface area contributed by atoms with Crippen LogP contribution < -0.4 is 5.32 Å². The zero-order chi connectivity index (χ0) is 14.8. The van der Waals surface area contributed by atoms with Crippen LogP contribution in [0.5, 0.6) is 0 Å². The Hall–Kier alpha value is -2.46. The summed E-state index contributed by atoms with van der Waals surface area (Å²) in [4.78, 5) is 20.1. The van der Waals surface area contributed by atoms with E-state index in [-0.39, 0.29) is 5.91 Å². The number of halogens is 1. The lowest BCUT2D eigenvalue weighted by molar-refractivity contribution is -0.114. The van der Waals surface area contributed by atoms with Crippen LogP contribution in [0.4, 0.5) is 5.69 Å². The number of nitrogens with zero attached hydrogens (tertiary/aromatic N) is 2. The molecule has 0 atom stereocenters. The number of rotatable bonds is 2. The molecule has 5 heteroatoms. The van der Waals surface area contributed by atoms with Gasteiger partial charge in [-0.2, -0.15) is 0 Å². The number of aromatic nitrogens is 2. The Morgan fingerprint density at radius 3 is 2.67 bits per heavy atom. The van der Waals surface area contributed by atoms with E-state index in [9.17, 15) is 4.79 Å². The van der Waals surface area contributed by atoms with Gasteiger partial charge in [-0.15, -0.1) is 0 Å². The van der Waals surface area contributed by atoms with Gasteiger partial charge in [-0.1, -0.05) is 23.7 Å². The third-order valence-electron chi connectivity index (χ3n) is 3.01. The minimum atomic E-state index is -0.132. The normalized spacial score (nSPS) is 10.6. The van der Waals surface area contributed by atoms with Gasteiger partial charge in [-0.25, -0.2) is 4.98 Å². The van der Waals surface area contributed by atoms with E-state index in [0.29, 0.717) is 16.4 Å². The van der Waals surface area contributed by atoms with Crippen molar-refractivity contribution in [2.24, 2.45) is 0 Å². The molecule has 1 amide bonds. The first-order valence-corrected chi connectivity index (χ1v) is 6.80. The van der Waals surface area contributed by atoms with Crippen molar-refractivity contribution in [3.05, 3.63) is 53.7 Å². The van der Waals surface area contributed by atoms with Gasteiger partial charge < -0.3 is 5.32 Å². The Kier molecular flexibility index (Phi) is 3.54. The van der Waals surface area contributed by atoms with Crippen molar-refractivity contribution in [3.63, 3.8) is 0 Å². The van der Waals surface area contributed by atoms with Crippen LogP contribution in [0, 0.1) is 0 Å². The lowest BCUT2D eigenvalue weighted by Crippen LogP contribution is -2.05. The SMILES string of the molecule is CC(=O)Nc1ccc(Cl)c(-c2cnc3ccccc3n2)c1. The third-order valence-corrected chi connectivity index (χ3v) is 3.34. The van der Waals surface area contributed by atoms with Gasteiger partial charge in [0, 0.05) is 18.2 Å². The minimum Gasteiger partial charge on any atom is -0.326 e. The number of fused-ring (bicyclic) bond motifs is 1. The van der Waals surface area contributed by atoms with E-state index in [4.69, 9.17) is 11.6 Å². The average Bonchev–Trinajstić information content (AvgIpc) is 2.48. The molecule has 0 aliphatic heterocycles. The van der Waals surface area contributed by atoms with Crippen molar-refractivity contribution >= 4 is 34.2 Å². The fraction of sp³-hybridized carbons (Fsp3) is 0.0625. The summed E-state index contributed by atoms with van der Waals surface area (Å²) in [6, 6.07) is 12.9. The first-order chi connectivity index (χ1) is 10.1. The van der Waals surface area contributed by atoms with Crippen molar-refractivity contribution in [1.82, 2.24) is 9.97 Å². The first-order valence-electron chi connectivity index (χ1n) is 6.43. The largest absolute Gasteiger partial charge is 0.326 e. The highest BCUT2D eigenvalue weighted by molar-refractivity contribution is 6.33. The molecule has 0 aliphatic carbocycles.